The Bertz CT molecular complexity index is 3780. The molecule has 4 aliphatic carbocycles. The van der Waals surface area contributed by atoms with Gasteiger partial charge >= 0.3 is 0 Å². The second-order valence-corrected chi connectivity index (χ2v) is 19.5. The van der Waals surface area contributed by atoms with Crippen LogP contribution in [0.5, 0.6) is 0 Å². The van der Waals surface area contributed by atoms with Crippen LogP contribution < -0.4 is 9.80 Å². The standard InChI is InChI=1S/C66H48N2/c1-65(2)57-30-16-13-27-52(57)55-41-56-53-28-14-17-31-58(53)66(61(56)42-60(55)65)59-32-18-15-29-54(59)64-62(66)39-51(67(47-23-5-3-6-24-47)49-35-33-43-19-9-11-21-45(43)37-49)40-63(64)68(48-25-7-4-8-26-48)50-36-34-44-20-10-12-22-46(44)38-50/h3-17,19-31,33-42H,18,32H2,1-2H3. The molecule has 68 heavy (non-hydrogen) atoms. The van der Waals surface area contributed by atoms with Gasteiger partial charge in [0.1, 0.15) is 0 Å². The van der Waals surface area contributed by atoms with Gasteiger partial charge in [-0.1, -0.05) is 178 Å². The summed E-state index contributed by atoms with van der Waals surface area (Å²) in [6, 6.07) is 82.1. The third kappa shape index (κ3) is 5.46. The lowest BCUT2D eigenvalue weighted by molar-refractivity contribution is 0.654. The topological polar surface area (TPSA) is 6.48 Å². The van der Waals surface area contributed by atoms with Crippen LogP contribution in [0.15, 0.2) is 236 Å². The molecular weight excluding hydrogens is 821 g/mol. The summed E-state index contributed by atoms with van der Waals surface area (Å²) in [4.78, 5) is 5.03. The van der Waals surface area contributed by atoms with Gasteiger partial charge in [0.2, 0.25) is 0 Å². The Morgan fingerprint density at radius 1 is 0.368 bits per heavy atom. The van der Waals surface area contributed by atoms with Gasteiger partial charge in [0.25, 0.3) is 0 Å². The quantitative estimate of drug-likeness (QED) is 0.164. The van der Waals surface area contributed by atoms with E-state index in [0.717, 1.165) is 47.0 Å². The Morgan fingerprint density at radius 2 is 0.912 bits per heavy atom. The first-order chi connectivity index (χ1) is 33.5. The van der Waals surface area contributed by atoms with Gasteiger partial charge in [-0.05, 0) is 162 Å². The smallest absolute Gasteiger partial charge is 0.0690 e. The first kappa shape index (κ1) is 39.0. The van der Waals surface area contributed by atoms with E-state index >= 15 is 0 Å². The lowest BCUT2D eigenvalue weighted by Gasteiger charge is -2.36. The van der Waals surface area contributed by atoms with Crippen LogP contribution in [0, 0.1) is 0 Å². The Morgan fingerprint density at radius 3 is 1.59 bits per heavy atom. The molecule has 2 heteroatoms. The highest BCUT2D eigenvalue weighted by molar-refractivity contribution is 6.05. The lowest BCUT2D eigenvalue weighted by atomic mass is 9.67. The van der Waals surface area contributed by atoms with E-state index in [1.54, 1.807) is 0 Å². The van der Waals surface area contributed by atoms with E-state index in [-0.39, 0.29) is 5.41 Å². The molecule has 1 unspecified atom stereocenters. The minimum absolute atomic E-state index is 0.157. The van der Waals surface area contributed by atoms with E-state index in [9.17, 15) is 0 Å². The largest absolute Gasteiger partial charge is 0.310 e. The van der Waals surface area contributed by atoms with Gasteiger partial charge in [-0.3, -0.25) is 0 Å². The Hall–Kier alpha value is -8.20. The van der Waals surface area contributed by atoms with Crippen LogP contribution in [-0.4, -0.2) is 0 Å². The Kier molecular flexibility index (Phi) is 8.40. The van der Waals surface area contributed by atoms with Crippen molar-refractivity contribution in [2.24, 2.45) is 0 Å². The van der Waals surface area contributed by atoms with Gasteiger partial charge in [0.15, 0.2) is 0 Å². The van der Waals surface area contributed by atoms with Gasteiger partial charge in [0, 0.05) is 39.4 Å². The molecule has 1 spiro atoms. The molecule has 1 atom stereocenters. The maximum Gasteiger partial charge on any atom is 0.0690 e. The predicted octanol–water partition coefficient (Wildman–Crippen LogP) is 17.7. The third-order valence-corrected chi connectivity index (χ3v) is 15.7. The fourth-order valence-electron chi connectivity index (χ4n) is 12.7. The molecule has 0 aromatic heterocycles. The first-order valence-corrected chi connectivity index (χ1v) is 24.1. The van der Waals surface area contributed by atoms with Crippen molar-refractivity contribution in [3.05, 3.63) is 269 Å². The molecule has 0 bridgehead atoms. The molecule has 14 rings (SSSR count). The zero-order valence-corrected chi connectivity index (χ0v) is 38.2. The molecule has 0 heterocycles. The van der Waals surface area contributed by atoms with Crippen molar-refractivity contribution in [3.63, 3.8) is 0 Å². The summed E-state index contributed by atoms with van der Waals surface area (Å²) in [5.74, 6) is 0. The van der Waals surface area contributed by atoms with Crippen LogP contribution in [0.2, 0.25) is 0 Å². The van der Waals surface area contributed by atoms with Crippen LogP contribution in [0.25, 0.3) is 49.4 Å². The molecular formula is C66H48N2. The van der Waals surface area contributed by atoms with Crippen molar-refractivity contribution >= 4 is 61.2 Å². The molecule has 0 fully saturated rings. The van der Waals surface area contributed by atoms with Crippen molar-refractivity contribution < 1.29 is 0 Å². The van der Waals surface area contributed by atoms with Crippen LogP contribution in [0.3, 0.4) is 0 Å². The third-order valence-electron chi connectivity index (χ3n) is 15.7. The van der Waals surface area contributed by atoms with Gasteiger partial charge < -0.3 is 9.80 Å². The average molecular weight is 869 g/mol. The number of benzene rings is 10. The molecule has 0 N–H and O–H groups in total. The van der Waals surface area contributed by atoms with Gasteiger partial charge in [-0.15, -0.1) is 0 Å². The lowest BCUT2D eigenvalue weighted by Crippen LogP contribution is -2.29. The van der Waals surface area contributed by atoms with Crippen LogP contribution in [0.1, 0.15) is 60.1 Å². The van der Waals surface area contributed by atoms with Crippen LogP contribution in [0.4, 0.5) is 34.1 Å². The fourth-order valence-corrected chi connectivity index (χ4v) is 12.7. The fraction of sp³-hybridized carbons (Fsp3) is 0.0909. The van der Waals surface area contributed by atoms with Crippen molar-refractivity contribution in [1.29, 1.82) is 0 Å². The molecule has 0 radical (unpaired) electrons. The van der Waals surface area contributed by atoms with E-state index in [1.807, 2.05) is 0 Å². The molecule has 0 saturated carbocycles. The normalized spacial score (nSPS) is 16.6. The molecule has 2 nitrogen and oxygen atoms in total. The highest BCUT2D eigenvalue weighted by atomic mass is 15.2. The predicted molar refractivity (Wildman–Crippen MR) is 285 cm³/mol. The van der Waals surface area contributed by atoms with Crippen molar-refractivity contribution in [3.8, 4) is 22.3 Å². The summed E-state index contributed by atoms with van der Waals surface area (Å²) < 4.78 is 0. The van der Waals surface area contributed by atoms with E-state index < -0.39 is 5.41 Å². The molecule has 4 aliphatic rings. The minimum atomic E-state index is -0.538. The maximum absolute atomic E-state index is 2.64. The Labute approximate surface area is 398 Å². The summed E-state index contributed by atoms with van der Waals surface area (Å²) in [7, 11) is 0. The summed E-state index contributed by atoms with van der Waals surface area (Å²) in [6.07, 6.45) is 6.84. The van der Waals surface area contributed by atoms with Gasteiger partial charge in [0.05, 0.1) is 11.1 Å². The number of allylic oxidation sites excluding steroid dienone is 4. The average Bonchev–Trinajstić information content (AvgIpc) is 3.94. The first-order valence-electron chi connectivity index (χ1n) is 24.1. The Balaban J connectivity index is 1.13. The van der Waals surface area contributed by atoms with Crippen molar-refractivity contribution in [2.45, 2.75) is 37.5 Å². The number of para-hydroxylation sites is 2. The summed E-state index contributed by atoms with van der Waals surface area (Å²) in [5, 5.41) is 4.88. The number of hydrogen-bond acceptors (Lipinski definition) is 2. The minimum Gasteiger partial charge on any atom is -0.310 e. The molecule has 0 saturated heterocycles. The SMILES string of the molecule is CC1(C)c2ccccc2-c2cc3c(cc21)C1(C2=C(C=CCC2)c2c(N(c4ccccc4)c4ccc5ccccc5c4)cc(N(c4ccccc4)c4ccc5ccccc5c4)cc21)c1ccccc1-3. The monoisotopic (exact) mass is 868 g/mol. The molecule has 0 aliphatic heterocycles. The zero-order chi connectivity index (χ0) is 45.1. The van der Waals surface area contributed by atoms with E-state index in [2.05, 4.69) is 254 Å². The number of anilines is 6. The second-order valence-electron chi connectivity index (χ2n) is 19.5. The van der Waals surface area contributed by atoms with Gasteiger partial charge in [-0.2, -0.15) is 0 Å². The van der Waals surface area contributed by atoms with Gasteiger partial charge in [-0.25, -0.2) is 0 Å². The number of nitrogens with zero attached hydrogens (tertiary/aromatic N) is 2. The highest BCUT2D eigenvalue weighted by Gasteiger charge is 2.55. The van der Waals surface area contributed by atoms with E-state index in [0.29, 0.717) is 0 Å². The molecule has 322 valence electrons. The van der Waals surface area contributed by atoms with E-state index in [1.165, 1.54) is 88.3 Å². The van der Waals surface area contributed by atoms with E-state index in [4.69, 9.17) is 0 Å². The summed E-state index contributed by atoms with van der Waals surface area (Å²) in [6.45, 7) is 4.85. The van der Waals surface area contributed by atoms with Crippen molar-refractivity contribution in [2.75, 3.05) is 9.80 Å². The number of rotatable bonds is 6. The molecule has 10 aromatic rings. The zero-order valence-electron chi connectivity index (χ0n) is 38.2. The highest BCUT2D eigenvalue weighted by Crippen LogP contribution is 2.67. The van der Waals surface area contributed by atoms with Crippen molar-refractivity contribution in [1.82, 2.24) is 0 Å². The molecule has 10 aromatic carbocycles. The van der Waals surface area contributed by atoms with Crippen LogP contribution in [-0.2, 0) is 10.8 Å². The summed E-state index contributed by atoms with van der Waals surface area (Å²) >= 11 is 0. The van der Waals surface area contributed by atoms with Crippen LogP contribution >= 0.6 is 0 Å². The number of hydrogen-bond donors (Lipinski definition) is 0. The number of fused-ring (bicyclic) bond motifs is 14. The summed E-state index contributed by atoms with van der Waals surface area (Å²) in [5.41, 5.74) is 22.5. The maximum atomic E-state index is 2.64. The second kappa shape index (κ2) is 14.6. The molecule has 0 amide bonds.